The quantitative estimate of drug-likeness (QED) is 0.466. The zero-order valence-electron chi connectivity index (χ0n) is 9.01. The second-order valence-electron chi connectivity index (χ2n) is 3.66. The number of hydrogen-bond acceptors (Lipinski definition) is 2. The molecule has 0 saturated carbocycles. The normalized spacial score (nSPS) is 12.8. The van der Waals surface area contributed by atoms with Crippen molar-refractivity contribution in [3.05, 3.63) is 12.2 Å². The fourth-order valence-electron chi connectivity index (χ4n) is 1.06. The predicted octanol–water partition coefficient (Wildman–Crippen LogP) is 2.49. The van der Waals surface area contributed by atoms with E-state index in [-0.39, 0.29) is 6.04 Å². The molecule has 0 radical (unpaired) electrons. The van der Waals surface area contributed by atoms with Crippen molar-refractivity contribution in [3.8, 4) is 0 Å². The number of allylic oxidation sites excluding steroid dienone is 1. The van der Waals surface area contributed by atoms with Gasteiger partial charge in [0.25, 0.3) is 0 Å². The van der Waals surface area contributed by atoms with E-state index in [9.17, 15) is 0 Å². The van der Waals surface area contributed by atoms with Crippen LogP contribution in [0.3, 0.4) is 0 Å². The molecule has 0 bridgehead atoms. The van der Waals surface area contributed by atoms with Crippen LogP contribution in [-0.2, 0) is 4.74 Å². The molecule has 0 saturated heterocycles. The minimum Gasteiger partial charge on any atom is -0.381 e. The summed E-state index contributed by atoms with van der Waals surface area (Å²) in [6.07, 6.45) is 4.12. The maximum Gasteiger partial charge on any atom is 0.0480 e. The zero-order valence-corrected chi connectivity index (χ0v) is 9.01. The Morgan fingerprint density at radius 1 is 1.38 bits per heavy atom. The first kappa shape index (κ1) is 12.7. The molecule has 0 aliphatic heterocycles. The Labute approximate surface area is 82.2 Å². The fraction of sp³-hybridized carbons (Fsp3) is 0.818. The van der Waals surface area contributed by atoms with Crippen molar-refractivity contribution < 1.29 is 4.74 Å². The molecule has 1 unspecified atom stereocenters. The molecular formula is C11H23NO. The standard InChI is InChI=1S/C11H23NO/c1-4-8-13-9-7-11(12)6-5-10(2)3/h11H,2,4-9,12H2,1,3H3. The molecular weight excluding hydrogens is 162 g/mol. The van der Waals surface area contributed by atoms with Gasteiger partial charge in [0.05, 0.1) is 0 Å². The molecule has 0 amide bonds. The van der Waals surface area contributed by atoms with Gasteiger partial charge >= 0.3 is 0 Å². The topological polar surface area (TPSA) is 35.2 Å². The Bertz CT molecular complexity index is 134. The second-order valence-corrected chi connectivity index (χ2v) is 3.66. The number of hydrogen-bond donors (Lipinski definition) is 1. The molecule has 78 valence electrons. The highest BCUT2D eigenvalue weighted by molar-refractivity contribution is 4.88. The average Bonchev–Trinajstić information content (AvgIpc) is 2.09. The van der Waals surface area contributed by atoms with Gasteiger partial charge in [-0.05, 0) is 32.6 Å². The van der Waals surface area contributed by atoms with Gasteiger partial charge in [-0.2, -0.15) is 0 Å². The first-order valence-electron chi connectivity index (χ1n) is 5.14. The maximum absolute atomic E-state index is 5.88. The van der Waals surface area contributed by atoms with Gasteiger partial charge in [-0.15, -0.1) is 6.58 Å². The van der Waals surface area contributed by atoms with E-state index in [4.69, 9.17) is 10.5 Å². The van der Waals surface area contributed by atoms with Crippen LogP contribution in [0.15, 0.2) is 12.2 Å². The summed E-state index contributed by atoms with van der Waals surface area (Å²) in [6, 6.07) is 0.272. The minimum atomic E-state index is 0.272. The molecule has 0 aliphatic rings. The lowest BCUT2D eigenvalue weighted by molar-refractivity contribution is 0.127. The lowest BCUT2D eigenvalue weighted by Gasteiger charge is -2.11. The maximum atomic E-state index is 5.88. The number of rotatable bonds is 8. The zero-order chi connectivity index (χ0) is 10.1. The molecule has 13 heavy (non-hydrogen) atoms. The van der Waals surface area contributed by atoms with Gasteiger partial charge in [0.15, 0.2) is 0 Å². The van der Waals surface area contributed by atoms with E-state index in [2.05, 4.69) is 13.5 Å². The van der Waals surface area contributed by atoms with Crippen molar-refractivity contribution in [1.82, 2.24) is 0 Å². The van der Waals surface area contributed by atoms with Gasteiger partial charge in [0.2, 0.25) is 0 Å². The van der Waals surface area contributed by atoms with E-state index in [0.717, 1.165) is 38.9 Å². The van der Waals surface area contributed by atoms with Crippen LogP contribution in [0.2, 0.25) is 0 Å². The van der Waals surface area contributed by atoms with E-state index in [1.807, 2.05) is 6.92 Å². The third kappa shape index (κ3) is 9.57. The largest absolute Gasteiger partial charge is 0.381 e. The highest BCUT2D eigenvalue weighted by Gasteiger charge is 2.01. The number of nitrogens with two attached hydrogens (primary N) is 1. The van der Waals surface area contributed by atoms with Crippen LogP contribution in [0.25, 0.3) is 0 Å². The van der Waals surface area contributed by atoms with E-state index < -0.39 is 0 Å². The van der Waals surface area contributed by atoms with Crippen LogP contribution in [0.5, 0.6) is 0 Å². The third-order valence-corrected chi connectivity index (χ3v) is 1.92. The molecule has 0 aromatic carbocycles. The highest BCUT2D eigenvalue weighted by Crippen LogP contribution is 2.05. The first-order chi connectivity index (χ1) is 6.16. The molecule has 2 nitrogen and oxygen atoms in total. The molecule has 0 heterocycles. The van der Waals surface area contributed by atoms with Crippen molar-refractivity contribution in [3.63, 3.8) is 0 Å². The van der Waals surface area contributed by atoms with Gasteiger partial charge in [0, 0.05) is 19.3 Å². The first-order valence-corrected chi connectivity index (χ1v) is 5.14. The van der Waals surface area contributed by atoms with E-state index >= 15 is 0 Å². The molecule has 0 aliphatic carbocycles. The molecule has 1 atom stereocenters. The molecule has 0 rings (SSSR count). The summed E-state index contributed by atoms with van der Waals surface area (Å²) in [7, 11) is 0. The highest BCUT2D eigenvalue weighted by atomic mass is 16.5. The summed E-state index contributed by atoms with van der Waals surface area (Å²) in [6.45, 7) is 9.66. The van der Waals surface area contributed by atoms with Crippen LogP contribution in [0.1, 0.15) is 39.5 Å². The van der Waals surface area contributed by atoms with Crippen LogP contribution < -0.4 is 5.73 Å². The average molecular weight is 185 g/mol. The Kier molecular flexibility index (Phi) is 8.05. The summed E-state index contributed by atoms with van der Waals surface area (Å²) >= 11 is 0. The van der Waals surface area contributed by atoms with E-state index in [1.54, 1.807) is 0 Å². The Morgan fingerprint density at radius 2 is 2.08 bits per heavy atom. The van der Waals surface area contributed by atoms with Crippen LogP contribution in [-0.4, -0.2) is 19.3 Å². The second kappa shape index (κ2) is 8.27. The molecule has 0 fully saturated rings. The van der Waals surface area contributed by atoms with Gasteiger partial charge in [-0.25, -0.2) is 0 Å². The SMILES string of the molecule is C=C(C)CCC(N)CCOCCC. The monoisotopic (exact) mass is 185 g/mol. The molecule has 0 spiro atoms. The van der Waals surface area contributed by atoms with Crippen molar-refractivity contribution in [1.29, 1.82) is 0 Å². The van der Waals surface area contributed by atoms with Crippen molar-refractivity contribution in [2.75, 3.05) is 13.2 Å². The Balaban J connectivity index is 3.19. The van der Waals surface area contributed by atoms with Crippen molar-refractivity contribution >= 4 is 0 Å². The Morgan fingerprint density at radius 3 is 2.62 bits per heavy atom. The fourth-order valence-corrected chi connectivity index (χ4v) is 1.06. The summed E-state index contributed by atoms with van der Waals surface area (Å²) < 4.78 is 5.36. The van der Waals surface area contributed by atoms with Crippen molar-refractivity contribution in [2.45, 2.75) is 45.6 Å². The van der Waals surface area contributed by atoms with Crippen LogP contribution >= 0.6 is 0 Å². The smallest absolute Gasteiger partial charge is 0.0480 e. The summed E-state index contributed by atoms with van der Waals surface area (Å²) in [5.41, 5.74) is 7.10. The molecule has 0 aromatic heterocycles. The summed E-state index contributed by atoms with van der Waals surface area (Å²) in [4.78, 5) is 0. The Hall–Kier alpha value is -0.340. The number of ether oxygens (including phenoxy) is 1. The van der Waals surface area contributed by atoms with Gasteiger partial charge in [-0.1, -0.05) is 12.5 Å². The molecule has 2 heteroatoms. The van der Waals surface area contributed by atoms with Gasteiger partial charge in [0.1, 0.15) is 0 Å². The van der Waals surface area contributed by atoms with Gasteiger partial charge in [-0.3, -0.25) is 0 Å². The third-order valence-electron chi connectivity index (χ3n) is 1.92. The van der Waals surface area contributed by atoms with Crippen LogP contribution in [0.4, 0.5) is 0 Å². The van der Waals surface area contributed by atoms with E-state index in [1.165, 1.54) is 5.57 Å². The predicted molar refractivity (Wildman–Crippen MR) is 57.8 cm³/mol. The summed E-state index contributed by atoms with van der Waals surface area (Å²) in [5.74, 6) is 0. The lowest BCUT2D eigenvalue weighted by atomic mass is 10.1. The molecule has 2 N–H and O–H groups in total. The van der Waals surface area contributed by atoms with Gasteiger partial charge < -0.3 is 10.5 Å². The van der Waals surface area contributed by atoms with E-state index in [0.29, 0.717) is 0 Å². The van der Waals surface area contributed by atoms with Crippen molar-refractivity contribution in [2.24, 2.45) is 5.73 Å². The molecule has 0 aromatic rings. The minimum absolute atomic E-state index is 0.272. The van der Waals surface area contributed by atoms with Crippen LogP contribution in [0, 0.1) is 0 Å². The summed E-state index contributed by atoms with van der Waals surface area (Å²) in [5, 5.41) is 0. The lowest BCUT2D eigenvalue weighted by Crippen LogP contribution is -2.22.